The van der Waals surface area contributed by atoms with Crippen LogP contribution < -0.4 is 0 Å². The molecule has 2 heterocycles. The minimum absolute atomic E-state index is 0.0601. The fourth-order valence-corrected chi connectivity index (χ4v) is 4.72. The molecular weight excluding hydrogens is 388 g/mol. The average Bonchev–Trinajstić information content (AvgIpc) is 3.31. The zero-order valence-electron chi connectivity index (χ0n) is 15.5. The molecule has 0 aromatic heterocycles. The van der Waals surface area contributed by atoms with Gasteiger partial charge in [0.05, 0.1) is 4.91 Å². The number of thiocarbonyl (C=S) groups is 1. The minimum Gasteiger partial charge on any atom is -0.338 e. The van der Waals surface area contributed by atoms with Crippen molar-refractivity contribution in [2.24, 2.45) is 0 Å². The lowest BCUT2D eigenvalue weighted by Crippen LogP contribution is -2.28. The van der Waals surface area contributed by atoms with Gasteiger partial charge >= 0.3 is 0 Å². The third kappa shape index (κ3) is 3.75. The van der Waals surface area contributed by atoms with Gasteiger partial charge in [-0.05, 0) is 35.8 Å². The van der Waals surface area contributed by atoms with E-state index in [9.17, 15) is 9.59 Å². The zero-order chi connectivity index (χ0) is 19.7. The van der Waals surface area contributed by atoms with Gasteiger partial charge in [-0.25, -0.2) is 0 Å². The van der Waals surface area contributed by atoms with Crippen LogP contribution in [-0.4, -0.2) is 46.1 Å². The van der Waals surface area contributed by atoms with Crippen molar-refractivity contribution in [3.8, 4) is 0 Å². The number of likely N-dealkylation sites (N-methyl/N-ethyl adjacent to an activating group) is 1. The Kier molecular flexibility index (Phi) is 5.33. The van der Waals surface area contributed by atoms with E-state index in [1.807, 2.05) is 53.4 Å². The predicted molar refractivity (Wildman–Crippen MR) is 117 cm³/mol. The van der Waals surface area contributed by atoms with E-state index in [1.165, 1.54) is 22.2 Å². The van der Waals surface area contributed by atoms with Crippen molar-refractivity contribution in [1.82, 2.24) is 9.80 Å². The molecule has 4 nitrogen and oxygen atoms in total. The molecule has 0 aliphatic carbocycles. The summed E-state index contributed by atoms with van der Waals surface area (Å²) in [4.78, 5) is 29.0. The first-order chi connectivity index (χ1) is 13.5. The molecule has 0 N–H and O–H groups in total. The summed E-state index contributed by atoms with van der Waals surface area (Å²) in [6, 6.07) is 17.8. The van der Waals surface area contributed by atoms with Crippen LogP contribution in [0.2, 0.25) is 0 Å². The van der Waals surface area contributed by atoms with Gasteiger partial charge in [0.15, 0.2) is 0 Å². The van der Waals surface area contributed by atoms with E-state index in [1.54, 1.807) is 7.05 Å². The first-order valence-electron chi connectivity index (χ1n) is 9.19. The summed E-state index contributed by atoms with van der Waals surface area (Å²) in [5.74, 6) is 0.379. The fraction of sp³-hybridized carbons (Fsp3) is 0.227. The van der Waals surface area contributed by atoms with Gasteiger partial charge < -0.3 is 4.90 Å². The zero-order valence-corrected chi connectivity index (χ0v) is 17.1. The summed E-state index contributed by atoms with van der Waals surface area (Å²) >= 11 is 6.45. The maximum absolute atomic E-state index is 12.8. The fourth-order valence-electron chi connectivity index (χ4n) is 3.54. The molecule has 2 aromatic rings. The molecule has 142 valence electrons. The van der Waals surface area contributed by atoms with Crippen molar-refractivity contribution in [3.63, 3.8) is 0 Å². The number of benzene rings is 2. The lowest BCUT2D eigenvalue weighted by molar-refractivity contribution is -0.121. The number of likely N-dealkylation sites (tertiary alicyclic amines) is 1. The molecule has 2 saturated heterocycles. The summed E-state index contributed by atoms with van der Waals surface area (Å²) in [7, 11) is 1.68. The smallest absolute Gasteiger partial charge is 0.265 e. The largest absolute Gasteiger partial charge is 0.338 e. The SMILES string of the molecule is CN1C(=O)C(=Cc2ccc(C(=O)N3CCC(c4ccccc4)C3)cc2)SC1=S. The second kappa shape index (κ2) is 7.89. The van der Waals surface area contributed by atoms with Gasteiger partial charge in [-0.3, -0.25) is 14.5 Å². The molecule has 4 rings (SSSR count). The number of amides is 2. The van der Waals surface area contributed by atoms with E-state index in [4.69, 9.17) is 12.2 Å². The maximum atomic E-state index is 12.8. The molecule has 6 heteroatoms. The molecule has 0 spiro atoms. The summed E-state index contributed by atoms with van der Waals surface area (Å²) in [5.41, 5.74) is 2.85. The molecule has 0 radical (unpaired) electrons. The highest BCUT2D eigenvalue weighted by Gasteiger charge is 2.29. The summed E-state index contributed by atoms with van der Waals surface area (Å²) in [5, 5.41) is 0. The number of carbonyl (C=O) groups is 2. The van der Waals surface area contributed by atoms with Crippen molar-refractivity contribution < 1.29 is 9.59 Å². The van der Waals surface area contributed by atoms with Crippen LogP contribution in [0.5, 0.6) is 0 Å². The highest BCUT2D eigenvalue weighted by atomic mass is 32.2. The Morgan fingerprint density at radius 3 is 2.50 bits per heavy atom. The van der Waals surface area contributed by atoms with Crippen molar-refractivity contribution in [2.45, 2.75) is 12.3 Å². The van der Waals surface area contributed by atoms with Crippen LogP contribution in [0.15, 0.2) is 59.5 Å². The molecule has 2 amide bonds. The molecule has 0 bridgehead atoms. The highest BCUT2D eigenvalue weighted by Crippen LogP contribution is 2.31. The monoisotopic (exact) mass is 408 g/mol. The summed E-state index contributed by atoms with van der Waals surface area (Å²) < 4.78 is 0.560. The van der Waals surface area contributed by atoms with E-state index in [0.717, 1.165) is 25.1 Å². The number of thioether (sulfide) groups is 1. The Balaban J connectivity index is 1.44. The predicted octanol–water partition coefficient (Wildman–Crippen LogP) is 4.15. The number of carbonyl (C=O) groups excluding carboxylic acids is 2. The molecule has 0 saturated carbocycles. The topological polar surface area (TPSA) is 40.6 Å². The lowest BCUT2D eigenvalue weighted by Gasteiger charge is -2.17. The standard InChI is InChI=1S/C22H20N2O2S2/c1-23-21(26)19(28-22(23)27)13-15-7-9-17(10-8-15)20(25)24-12-11-18(14-24)16-5-3-2-4-6-16/h2-10,13,18H,11-12,14H2,1H3. The Bertz CT molecular complexity index is 954. The first kappa shape index (κ1) is 18.9. The Labute approximate surface area is 174 Å². The Morgan fingerprint density at radius 1 is 1.14 bits per heavy atom. The van der Waals surface area contributed by atoms with E-state index in [2.05, 4.69) is 12.1 Å². The van der Waals surface area contributed by atoms with Crippen LogP contribution in [0, 0.1) is 0 Å². The van der Waals surface area contributed by atoms with Crippen LogP contribution >= 0.6 is 24.0 Å². The van der Waals surface area contributed by atoms with Crippen molar-refractivity contribution in [3.05, 3.63) is 76.2 Å². The van der Waals surface area contributed by atoms with Gasteiger partial charge in [0.2, 0.25) is 0 Å². The van der Waals surface area contributed by atoms with Crippen LogP contribution in [0.1, 0.15) is 33.8 Å². The Hall–Kier alpha value is -2.44. The number of hydrogen-bond acceptors (Lipinski definition) is 4. The van der Waals surface area contributed by atoms with Gasteiger partial charge in [-0.1, -0.05) is 66.4 Å². The van der Waals surface area contributed by atoms with E-state index < -0.39 is 0 Å². The lowest BCUT2D eigenvalue weighted by atomic mass is 9.99. The van der Waals surface area contributed by atoms with Gasteiger partial charge in [0, 0.05) is 31.6 Å². The molecule has 2 fully saturated rings. The number of hydrogen-bond donors (Lipinski definition) is 0. The van der Waals surface area contributed by atoms with Crippen molar-refractivity contribution in [1.29, 1.82) is 0 Å². The molecule has 2 aliphatic heterocycles. The van der Waals surface area contributed by atoms with Crippen LogP contribution in [-0.2, 0) is 4.79 Å². The second-order valence-corrected chi connectivity index (χ2v) is 8.69. The summed E-state index contributed by atoms with van der Waals surface area (Å²) in [6.45, 7) is 1.53. The highest BCUT2D eigenvalue weighted by molar-refractivity contribution is 8.26. The van der Waals surface area contributed by atoms with Gasteiger partial charge in [0.25, 0.3) is 11.8 Å². The molecule has 1 unspecified atom stereocenters. The quantitative estimate of drug-likeness (QED) is 0.565. The van der Waals surface area contributed by atoms with Gasteiger partial charge in [0.1, 0.15) is 4.32 Å². The van der Waals surface area contributed by atoms with Crippen molar-refractivity contribution in [2.75, 3.05) is 20.1 Å². The van der Waals surface area contributed by atoms with E-state index in [0.29, 0.717) is 20.7 Å². The Morgan fingerprint density at radius 2 is 1.86 bits per heavy atom. The van der Waals surface area contributed by atoms with Gasteiger partial charge in [-0.15, -0.1) is 0 Å². The molecule has 2 aromatic carbocycles. The molecule has 2 aliphatic rings. The third-order valence-electron chi connectivity index (χ3n) is 5.19. The van der Waals surface area contributed by atoms with E-state index in [-0.39, 0.29) is 11.8 Å². The van der Waals surface area contributed by atoms with Gasteiger partial charge in [-0.2, -0.15) is 0 Å². The van der Waals surface area contributed by atoms with Crippen LogP contribution in [0.25, 0.3) is 6.08 Å². The molecule has 28 heavy (non-hydrogen) atoms. The van der Waals surface area contributed by atoms with E-state index >= 15 is 0 Å². The number of nitrogens with zero attached hydrogens (tertiary/aromatic N) is 2. The number of rotatable bonds is 3. The van der Waals surface area contributed by atoms with Crippen LogP contribution in [0.4, 0.5) is 0 Å². The second-order valence-electron chi connectivity index (χ2n) is 7.01. The molecular formula is C22H20N2O2S2. The normalized spacial score (nSPS) is 21.0. The third-order valence-corrected chi connectivity index (χ3v) is 6.67. The summed E-state index contributed by atoms with van der Waals surface area (Å²) in [6.07, 6.45) is 2.81. The minimum atomic E-state index is -0.0841. The molecule has 1 atom stereocenters. The van der Waals surface area contributed by atoms with Crippen LogP contribution in [0.3, 0.4) is 0 Å². The van der Waals surface area contributed by atoms with Crippen molar-refractivity contribution >= 4 is 46.2 Å². The first-order valence-corrected chi connectivity index (χ1v) is 10.4. The maximum Gasteiger partial charge on any atom is 0.265 e. The average molecular weight is 409 g/mol.